The van der Waals surface area contributed by atoms with Gasteiger partial charge in [-0.1, -0.05) is 5.21 Å². The fraction of sp³-hybridized carbons (Fsp3) is 0.385. The average molecular weight is 404 g/mol. The Labute approximate surface area is 134 Å². The van der Waals surface area contributed by atoms with Crippen LogP contribution in [0.5, 0.6) is 5.75 Å². The molecule has 0 saturated carbocycles. The molecule has 1 heterocycles. The fourth-order valence-corrected chi connectivity index (χ4v) is 3.36. The normalized spacial score (nSPS) is 12.4. The van der Waals surface area contributed by atoms with Crippen LogP contribution >= 0.6 is 31.9 Å². The molecule has 2 aromatic rings. The molecule has 2 rings (SSSR count). The van der Waals surface area contributed by atoms with Gasteiger partial charge in [0.2, 0.25) is 0 Å². The SMILES string of the molecule is CC(N)Cc1cc(Br)c(OCc2cn(C)nn2)c(Br)c1. The van der Waals surface area contributed by atoms with Crippen molar-refractivity contribution < 1.29 is 4.74 Å². The van der Waals surface area contributed by atoms with E-state index in [1.807, 2.05) is 32.3 Å². The standard InChI is InChI=1S/C13H16Br2N4O/c1-8(16)3-9-4-11(14)13(12(15)5-9)20-7-10-6-19(2)18-17-10/h4-6,8H,3,7,16H2,1-2H3. The summed E-state index contributed by atoms with van der Waals surface area (Å²) in [7, 11) is 1.82. The second-order valence-electron chi connectivity index (χ2n) is 4.74. The highest BCUT2D eigenvalue weighted by Gasteiger charge is 2.11. The molecule has 0 aliphatic carbocycles. The minimum Gasteiger partial charge on any atom is -0.485 e. The van der Waals surface area contributed by atoms with E-state index in [9.17, 15) is 0 Å². The van der Waals surface area contributed by atoms with Gasteiger partial charge in [-0.15, -0.1) is 5.10 Å². The molecule has 1 aromatic carbocycles. The van der Waals surface area contributed by atoms with Gasteiger partial charge in [0.15, 0.2) is 0 Å². The van der Waals surface area contributed by atoms with E-state index in [4.69, 9.17) is 10.5 Å². The van der Waals surface area contributed by atoms with Crippen molar-refractivity contribution in [3.05, 3.63) is 38.5 Å². The molecule has 0 saturated heterocycles. The van der Waals surface area contributed by atoms with Gasteiger partial charge >= 0.3 is 0 Å². The van der Waals surface area contributed by atoms with Gasteiger partial charge in [0.05, 0.1) is 15.1 Å². The van der Waals surface area contributed by atoms with Gasteiger partial charge in [-0.2, -0.15) is 0 Å². The zero-order chi connectivity index (χ0) is 14.7. The highest BCUT2D eigenvalue weighted by molar-refractivity contribution is 9.11. The van der Waals surface area contributed by atoms with Gasteiger partial charge in [0.25, 0.3) is 0 Å². The molecule has 0 spiro atoms. The van der Waals surface area contributed by atoms with Crippen LogP contribution in [0, 0.1) is 0 Å². The molecule has 0 aliphatic rings. The van der Waals surface area contributed by atoms with E-state index in [2.05, 4.69) is 42.2 Å². The Balaban J connectivity index is 2.11. The lowest BCUT2D eigenvalue weighted by Gasteiger charge is -2.12. The van der Waals surface area contributed by atoms with E-state index in [1.165, 1.54) is 0 Å². The van der Waals surface area contributed by atoms with Crippen LogP contribution in [-0.2, 0) is 20.1 Å². The smallest absolute Gasteiger partial charge is 0.148 e. The first kappa shape index (κ1) is 15.5. The Hall–Kier alpha value is -0.920. The summed E-state index contributed by atoms with van der Waals surface area (Å²) in [5.41, 5.74) is 7.76. The Bertz CT molecular complexity index is 575. The Kier molecular flexibility index (Phi) is 5.17. The van der Waals surface area contributed by atoms with Crippen LogP contribution in [0.25, 0.3) is 0 Å². The van der Waals surface area contributed by atoms with E-state index in [0.717, 1.165) is 32.4 Å². The number of hydrogen-bond acceptors (Lipinski definition) is 4. The predicted octanol–water partition coefficient (Wildman–Crippen LogP) is 2.81. The molecule has 0 aliphatic heterocycles. The van der Waals surface area contributed by atoms with Gasteiger partial charge in [0.1, 0.15) is 18.1 Å². The predicted molar refractivity (Wildman–Crippen MR) is 84.5 cm³/mol. The molecule has 0 amide bonds. The molecule has 0 bridgehead atoms. The third-order valence-electron chi connectivity index (χ3n) is 2.63. The van der Waals surface area contributed by atoms with Gasteiger partial charge < -0.3 is 10.5 Å². The third kappa shape index (κ3) is 4.04. The first-order valence-corrected chi connectivity index (χ1v) is 7.76. The maximum Gasteiger partial charge on any atom is 0.148 e. The van der Waals surface area contributed by atoms with Crippen molar-refractivity contribution in [2.45, 2.75) is 26.0 Å². The zero-order valence-corrected chi connectivity index (χ0v) is 14.5. The number of nitrogens with two attached hydrogens (primary N) is 1. The Morgan fingerprint density at radius 2 is 2.00 bits per heavy atom. The maximum absolute atomic E-state index is 5.82. The summed E-state index contributed by atoms with van der Waals surface area (Å²) in [5.74, 6) is 0.754. The highest BCUT2D eigenvalue weighted by atomic mass is 79.9. The molecule has 7 heteroatoms. The average Bonchev–Trinajstić information content (AvgIpc) is 2.73. The van der Waals surface area contributed by atoms with Crippen LogP contribution in [-0.4, -0.2) is 21.0 Å². The van der Waals surface area contributed by atoms with Gasteiger partial charge in [-0.3, -0.25) is 4.68 Å². The number of hydrogen-bond donors (Lipinski definition) is 1. The van der Waals surface area contributed by atoms with Crippen molar-refractivity contribution in [3.8, 4) is 5.75 Å². The van der Waals surface area contributed by atoms with Crippen LogP contribution in [0.3, 0.4) is 0 Å². The minimum atomic E-state index is 0.125. The Morgan fingerprint density at radius 1 is 1.35 bits per heavy atom. The van der Waals surface area contributed by atoms with E-state index in [-0.39, 0.29) is 6.04 Å². The molecule has 2 N–H and O–H groups in total. The number of halogens is 2. The number of rotatable bonds is 5. The summed E-state index contributed by atoms with van der Waals surface area (Å²) in [5, 5.41) is 7.86. The zero-order valence-electron chi connectivity index (χ0n) is 11.3. The molecule has 108 valence electrons. The molecule has 1 unspecified atom stereocenters. The summed E-state index contributed by atoms with van der Waals surface area (Å²) in [6.45, 7) is 2.36. The molecular weight excluding hydrogens is 388 g/mol. The minimum absolute atomic E-state index is 0.125. The Morgan fingerprint density at radius 3 is 2.50 bits per heavy atom. The van der Waals surface area contributed by atoms with Crippen LogP contribution in [0.15, 0.2) is 27.3 Å². The molecule has 20 heavy (non-hydrogen) atoms. The molecule has 0 fully saturated rings. The van der Waals surface area contributed by atoms with E-state index in [0.29, 0.717) is 6.61 Å². The van der Waals surface area contributed by atoms with Gasteiger partial charge in [-0.25, -0.2) is 0 Å². The van der Waals surface area contributed by atoms with Crippen molar-refractivity contribution in [1.29, 1.82) is 0 Å². The quantitative estimate of drug-likeness (QED) is 0.833. The van der Waals surface area contributed by atoms with Crippen molar-refractivity contribution in [1.82, 2.24) is 15.0 Å². The van der Waals surface area contributed by atoms with Crippen LogP contribution < -0.4 is 10.5 Å². The van der Waals surface area contributed by atoms with Crippen LogP contribution in [0.1, 0.15) is 18.2 Å². The van der Waals surface area contributed by atoms with Crippen LogP contribution in [0.4, 0.5) is 0 Å². The summed E-state index contributed by atoms with van der Waals surface area (Å²) in [4.78, 5) is 0. The largest absolute Gasteiger partial charge is 0.485 e. The fourth-order valence-electron chi connectivity index (χ4n) is 1.85. The molecular formula is C13H16Br2N4O. The monoisotopic (exact) mass is 402 g/mol. The van der Waals surface area contributed by atoms with Gasteiger partial charge in [-0.05, 0) is 62.9 Å². The number of ether oxygens (including phenoxy) is 1. The summed E-state index contributed by atoms with van der Waals surface area (Å²) in [6, 6.07) is 4.18. The van der Waals surface area contributed by atoms with Crippen molar-refractivity contribution in [2.75, 3.05) is 0 Å². The summed E-state index contributed by atoms with van der Waals surface area (Å²) < 4.78 is 9.22. The topological polar surface area (TPSA) is 66.0 Å². The number of aromatic nitrogens is 3. The van der Waals surface area contributed by atoms with Crippen molar-refractivity contribution in [2.24, 2.45) is 12.8 Å². The van der Waals surface area contributed by atoms with Crippen molar-refractivity contribution in [3.63, 3.8) is 0 Å². The second-order valence-corrected chi connectivity index (χ2v) is 6.45. The number of nitrogens with zero attached hydrogens (tertiary/aromatic N) is 3. The number of aryl methyl sites for hydroxylation is 1. The number of benzene rings is 1. The maximum atomic E-state index is 5.82. The first-order valence-electron chi connectivity index (χ1n) is 6.17. The molecule has 0 radical (unpaired) electrons. The highest BCUT2D eigenvalue weighted by Crippen LogP contribution is 2.35. The molecule has 5 nitrogen and oxygen atoms in total. The van der Waals surface area contributed by atoms with E-state index in [1.54, 1.807) is 4.68 Å². The lowest BCUT2D eigenvalue weighted by atomic mass is 10.1. The third-order valence-corrected chi connectivity index (χ3v) is 3.81. The molecule has 1 aromatic heterocycles. The van der Waals surface area contributed by atoms with E-state index < -0.39 is 0 Å². The van der Waals surface area contributed by atoms with Gasteiger partial charge in [0, 0.05) is 13.1 Å². The first-order chi connectivity index (χ1) is 9.45. The second kappa shape index (κ2) is 6.69. The lowest BCUT2D eigenvalue weighted by Crippen LogP contribution is -2.17. The summed E-state index contributed by atoms with van der Waals surface area (Å²) >= 11 is 7.06. The summed E-state index contributed by atoms with van der Waals surface area (Å²) in [6.07, 6.45) is 2.65. The van der Waals surface area contributed by atoms with Crippen molar-refractivity contribution >= 4 is 31.9 Å². The van der Waals surface area contributed by atoms with E-state index >= 15 is 0 Å². The lowest BCUT2D eigenvalue weighted by molar-refractivity contribution is 0.297. The van der Waals surface area contributed by atoms with Crippen LogP contribution in [0.2, 0.25) is 0 Å². The molecule has 1 atom stereocenters.